The highest BCUT2D eigenvalue weighted by atomic mass is 16.5. The van der Waals surface area contributed by atoms with Gasteiger partial charge in [0.1, 0.15) is 17.1 Å². The van der Waals surface area contributed by atoms with E-state index in [1.54, 1.807) is 11.6 Å². The first kappa shape index (κ1) is 18.6. The molecule has 0 aliphatic carbocycles. The quantitative estimate of drug-likeness (QED) is 0.548. The molecule has 0 saturated carbocycles. The smallest absolute Gasteiger partial charge is 0.253 e. The lowest BCUT2D eigenvalue weighted by Crippen LogP contribution is -2.24. The summed E-state index contributed by atoms with van der Waals surface area (Å²) in [6.07, 6.45) is 1.84. The minimum Gasteiger partial charge on any atom is -0.454 e. The minimum atomic E-state index is -0.00618. The molecule has 6 nitrogen and oxygen atoms in total. The van der Waals surface area contributed by atoms with E-state index < -0.39 is 0 Å². The Hall–Kier alpha value is -3.38. The predicted molar refractivity (Wildman–Crippen MR) is 116 cm³/mol. The van der Waals surface area contributed by atoms with Gasteiger partial charge in [-0.3, -0.25) is 4.79 Å². The van der Waals surface area contributed by atoms with Gasteiger partial charge in [-0.05, 0) is 49.7 Å². The molecule has 1 aliphatic rings. The molecule has 2 aromatic heterocycles. The number of pyridine rings is 1. The third-order valence-corrected chi connectivity index (χ3v) is 5.59. The van der Waals surface area contributed by atoms with E-state index in [-0.39, 0.29) is 5.56 Å². The molecule has 152 valence electrons. The van der Waals surface area contributed by atoms with Gasteiger partial charge in [0.2, 0.25) is 0 Å². The minimum absolute atomic E-state index is 0.00618. The van der Waals surface area contributed by atoms with Gasteiger partial charge in [-0.25, -0.2) is 4.98 Å². The summed E-state index contributed by atoms with van der Waals surface area (Å²) in [5.41, 5.74) is 5.38. The van der Waals surface area contributed by atoms with Crippen molar-refractivity contribution in [2.24, 2.45) is 7.05 Å². The van der Waals surface area contributed by atoms with Gasteiger partial charge >= 0.3 is 0 Å². The Labute approximate surface area is 174 Å². The fourth-order valence-corrected chi connectivity index (χ4v) is 3.91. The summed E-state index contributed by atoms with van der Waals surface area (Å²) in [6, 6.07) is 14.1. The van der Waals surface area contributed by atoms with E-state index in [4.69, 9.17) is 9.47 Å². The van der Waals surface area contributed by atoms with Crippen LogP contribution in [0.5, 0.6) is 11.5 Å². The van der Waals surface area contributed by atoms with Crippen molar-refractivity contribution < 1.29 is 9.47 Å². The summed E-state index contributed by atoms with van der Waals surface area (Å²) in [4.78, 5) is 20.1. The standard InChI is InChI=1S/C24H23N3O3/c1-14-9-17(11-27(3)24(14)28)20-7-8-21-22(26-15(2)25-21)23(20)30-19-6-4-5-16(10-19)18-12-29-13-18/h4-11,18H,12-13H2,1-3H3,(H,25,26). The average Bonchev–Trinajstić information content (AvgIpc) is 3.06. The molecule has 1 N–H and O–H groups in total. The third-order valence-electron chi connectivity index (χ3n) is 5.59. The number of aromatic amines is 1. The van der Waals surface area contributed by atoms with Crippen LogP contribution in [0.4, 0.5) is 0 Å². The molecule has 30 heavy (non-hydrogen) atoms. The van der Waals surface area contributed by atoms with E-state index in [1.165, 1.54) is 5.56 Å². The van der Waals surface area contributed by atoms with E-state index >= 15 is 0 Å². The molecule has 0 unspecified atom stereocenters. The highest BCUT2D eigenvalue weighted by Crippen LogP contribution is 2.39. The largest absolute Gasteiger partial charge is 0.454 e. The highest BCUT2D eigenvalue weighted by molar-refractivity contribution is 5.91. The van der Waals surface area contributed by atoms with Crippen LogP contribution in [0.25, 0.3) is 22.2 Å². The molecule has 0 bridgehead atoms. The second-order valence-electron chi connectivity index (χ2n) is 7.90. The molecule has 0 radical (unpaired) electrons. The Kier molecular flexibility index (Phi) is 4.44. The summed E-state index contributed by atoms with van der Waals surface area (Å²) < 4.78 is 13.4. The van der Waals surface area contributed by atoms with Crippen molar-refractivity contribution in [2.75, 3.05) is 13.2 Å². The Morgan fingerprint density at radius 2 is 2.00 bits per heavy atom. The van der Waals surface area contributed by atoms with Crippen LogP contribution in [0.1, 0.15) is 22.9 Å². The number of nitrogens with one attached hydrogen (secondary N) is 1. The summed E-state index contributed by atoms with van der Waals surface area (Å²) in [7, 11) is 1.76. The zero-order valence-corrected chi connectivity index (χ0v) is 17.2. The van der Waals surface area contributed by atoms with E-state index in [9.17, 15) is 4.79 Å². The normalized spacial score (nSPS) is 14.1. The Balaban J connectivity index is 1.66. The van der Waals surface area contributed by atoms with Gasteiger partial charge in [0, 0.05) is 35.9 Å². The topological polar surface area (TPSA) is 69.1 Å². The number of ether oxygens (including phenoxy) is 2. The lowest BCUT2D eigenvalue weighted by molar-refractivity contribution is 0.00837. The maximum absolute atomic E-state index is 12.2. The van der Waals surface area contributed by atoms with Crippen LogP contribution in [0.2, 0.25) is 0 Å². The molecule has 0 atom stereocenters. The summed E-state index contributed by atoms with van der Waals surface area (Å²) in [6.45, 7) is 5.26. The summed E-state index contributed by atoms with van der Waals surface area (Å²) in [5, 5.41) is 0. The zero-order chi connectivity index (χ0) is 20.8. The molecule has 0 amide bonds. The molecular weight excluding hydrogens is 378 g/mol. The van der Waals surface area contributed by atoms with E-state index in [0.29, 0.717) is 17.2 Å². The van der Waals surface area contributed by atoms with Crippen molar-refractivity contribution in [3.63, 3.8) is 0 Å². The molecular formula is C24H23N3O3. The maximum Gasteiger partial charge on any atom is 0.253 e. The maximum atomic E-state index is 12.2. The zero-order valence-electron chi connectivity index (χ0n) is 17.2. The monoisotopic (exact) mass is 401 g/mol. The van der Waals surface area contributed by atoms with Crippen molar-refractivity contribution in [3.8, 4) is 22.6 Å². The number of nitrogens with zero attached hydrogens (tertiary/aromatic N) is 2. The number of fused-ring (bicyclic) bond motifs is 1. The van der Waals surface area contributed by atoms with Gasteiger partial charge in [-0.15, -0.1) is 0 Å². The third kappa shape index (κ3) is 3.19. The predicted octanol–water partition coefficient (Wildman–Crippen LogP) is 4.45. The summed E-state index contributed by atoms with van der Waals surface area (Å²) >= 11 is 0. The lowest BCUT2D eigenvalue weighted by Gasteiger charge is -2.26. The van der Waals surface area contributed by atoms with Crippen molar-refractivity contribution in [1.82, 2.24) is 14.5 Å². The van der Waals surface area contributed by atoms with Crippen LogP contribution in [-0.4, -0.2) is 27.7 Å². The molecule has 0 spiro atoms. The fourth-order valence-electron chi connectivity index (χ4n) is 3.91. The SMILES string of the molecule is Cc1nc2c(Oc3cccc(C4COC4)c3)c(-c3cc(C)c(=O)n(C)c3)ccc2[nH]1. The number of imidazole rings is 1. The molecule has 5 rings (SSSR count). The Bertz CT molecular complexity index is 1290. The van der Waals surface area contributed by atoms with E-state index in [0.717, 1.165) is 46.9 Å². The van der Waals surface area contributed by atoms with Crippen molar-refractivity contribution in [2.45, 2.75) is 19.8 Å². The first-order valence-electron chi connectivity index (χ1n) is 10.0. The van der Waals surface area contributed by atoms with Gasteiger partial charge in [-0.1, -0.05) is 12.1 Å². The van der Waals surface area contributed by atoms with Gasteiger partial charge in [-0.2, -0.15) is 0 Å². The first-order valence-corrected chi connectivity index (χ1v) is 10.0. The van der Waals surface area contributed by atoms with Crippen LogP contribution >= 0.6 is 0 Å². The number of H-pyrrole nitrogens is 1. The van der Waals surface area contributed by atoms with Crippen molar-refractivity contribution >= 4 is 11.0 Å². The summed E-state index contributed by atoms with van der Waals surface area (Å²) in [5.74, 6) is 2.68. The number of rotatable bonds is 4. The molecule has 6 heteroatoms. The molecule has 1 fully saturated rings. The van der Waals surface area contributed by atoms with Crippen molar-refractivity contribution in [1.29, 1.82) is 0 Å². The Morgan fingerprint density at radius 1 is 1.17 bits per heavy atom. The van der Waals surface area contributed by atoms with Crippen molar-refractivity contribution in [3.05, 3.63) is 76.0 Å². The van der Waals surface area contributed by atoms with Crippen LogP contribution < -0.4 is 10.3 Å². The van der Waals surface area contributed by atoms with Gasteiger partial charge in [0.15, 0.2) is 5.75 Å². The van der Waals surface area contributed by atoms with Gasteiger partial charge in [0.05, 0.1) is 18.7 Å². The van der Waals surface area contributed by atoms with Crippen LogP contribution in [-0.2, 0) is 11.8 Å². The number of aromatic nitrogens is 3. The molecule has 1 saturated heterocycles. The van der Waals surface area contributed by atoms with E-state index in [1.807, 2.05) is 50.4 Å². The first-order chi connectivity index (χ1) is 14.5. The average molecular weight is 401 g/mol. The number of hydrogen-bond acceptors (Lipinski definition) is 4. The van der Waals surface area contributed by atoms with Crippen LogP contribution in [0.3, 0.4) is 0 Å². The second-order valence-corrected chi connectivity index (χ2v) is 7.90. The molecule has 4 aromatic rings. The van der Waals surface area contributed by atoms with Crippen LogP contribution in [0, 0.1) is 13.8 Å². The fraction of sp³-hybridized carbons (Fsp3) is 0.250. The van der Waals surface area contributed by atoms with Gasteiger partial charge < -0.3 is 19.0 Å². The number of benzene rings is 2. The van der Waals surface area contributed by atoms with Gasteiger partial charge in [0.25, 0.3) is 5.56 Å². The Morgan fingerprint density at radius 3 is 2.73 bits per heavy atom. The van der Waals surface area contributed by atoms with Crippen LogP contribution in [0.15, 0.2) is 53.5 Å². The highest BCUT2D eigenvalue weighted by Gasteiger charge is 2.21. The number of hydrogen-bond donors (Lipinski definition) is 1. The molecule has 3 heterocycles. The van der Waals surface area contributed by atoms with E-state index in [2.05, 4.69) is 22.1 Å². The molecule has 2 aromatic carbocycles. The second kappa shape index (κ2) is 7.15. The lowest BCUT2D eigenvalue weighted by atomic mass is 9.97. The molecule has 1 aliphatic heterocycles. The number of aryl methyl sites for hydroxylation is 3.